The lowest BCUT2D eigenvalue weighted by Crippen LogP contribution is -2.41. The molecule has 1 atom stereocenters. The molecule has 0 aliphatic heterocycles. The Morgan fingerprint density at radius 2 is 1.77 bits per heavy atom. The molecule has 1 rings (SSSR count). The molecule has 0 fully saturated rings. The zero-order chi connectivity index (χ0) is 16.2. The van der Waals surface area contributed by atoms with Crippen LogP contribution in [0.3, 0.4) is 0 Å². The molecular weight excluding hydrogens is 280 g/mol. The molecule has 0 saturated heterocycles. The molecule has 1 aromatic rings. The third-order valence-electron chi connectivity index (χ3n) is 3.58. The topological polar surface area (TPSA) is 68.3 Å². The summed E-state index contributed by atoms with van der Waals surface area (Å²) in [4.78, 5) is 27.8. The number of amides is 1. The van der Waals surface area contributed by atoms with Crippen LogP contribution in [-0.2, 0) is 9.53 Å². The molecule has 0 bridgehead atoms. The SMILES string of the molecule is CCCCCCCC[C@H](NC(=O)c1ccncc1)C(=O)OC. The summed E-state index contributed by atoms with van der Waals surface area (Å²) in [7, 11) is 1.34. The van der Waals surface area contributed by atoms with E-state index in [2.05, 4.69) is 17.2 Å². The zero-order valence-electron chi connectivity index (χ0n) is 13.5. The van der Waals surface area contributed by atoms with Crippen molar-refractivity contribution in [3.63, 3.8) is 0 Å². The van der Waals surface area contributed by atoms with Crippen LogP contribution < -0.4 is 5.32 Å². The van der Waals surface area contributed by atoms with Crippen molar-refractivity contribution >= 4 is 11.9 Å². The molecule has 0 aliphatic carbocycles. The summed E-state index contributed by atoms with van der Waals surface area (Å²) in [6, 6.07) is 2.65. The highest BCUT2D eigenvalue weighted by Crippen LogP contribution is 2.10. The Hall–Kier alpha value is -1.91. The van der Waals surface area contributed by atoms with Crippen LogP contribution in [0.4, 0.5) is 0 Å². The number of nitrogens with one attached hydrogen (secondary N) is 1. The number of rotatable bonds is 10. The van der Waals surface area contributed by atoms with Gasteiger partial charge in [0.1, 0.15) is 6.04 Å². The molecule has 1 heterocycles. The fourth-order valence-corrected chi connectivity index (χ4v) is 2.26. The second-order valence-electron chi connectivity index (χ2n) is 5.34. The standard InChI is InChI=1S/C17H26N2O3/c1-3-4-5-6-7-8-9-15(17(21)22-2)19-16(20)14-10-12-18-13-11-14/h10-13,15H,3-9H2,1-2H3,(H,19,20)/t15-/m0/s1. The van der Waals surface area contributed by atoms with Crippen LogP contribution in [0.1, 0.15) is 62.2 Å². The fraction of sp³-hybridized carbons (Fsp3) is 0.588. The molecule has 5 heteroatoms. The van der Waals surface area contributed by atoms with Crippen LogP contribution >= 0.6 is 0 Å². The van der Waals surface area contributed by atoms with Gasteiger partial charge in [0.05, 0.1) is 7.11 Å². The number of ether oxygens (including phenoxy) is 1. The summed E-state index contributed by atoms with van der Waals surface area (Å²) < 4.78 is 4.78. The number of methoxy groups -OCH3 is 1. The van der Waals surface area contributed by atoms with E-state index in [9.17, 15) is 9.59 Å². The quantitative estimate of drug-likeness (QED) is 0.533. The first-order valence-corrected chi connectivity index (χ1v) is 7.97. The van der Waals surface area contributed by atoms with Gasteiger partial charge in [0, 0.05) is 18.0 Å². The van der Waals surface area contributed by atoms with E-state index in [0.717, 1.165) is 12.8 Å². The fourth-order valence-electron chi connectivity index (χ4n) is 2.26. The molecule has 0 aromatic carbocycles. The van der Waals surface area contributed by atoms with Crippen LogP contribution in [0.15, 0.2) is 24.5 Å². The molecule has 0 saturated carbocycles. The number of aromatic nitrogens is 1. The Labute approximate surface area is 132 Å². The summed E-state index contributed by atoms with van der Waals surface area (Å²) >= 11 is 0. The summed E-state index contributed by atoms with van der Waals surface area (Å²) in [6.45, 7) is 2.18. The normalized spacial score (nSPS) is 11.7. The number of nitrogens with zero attached hydrogens (tertiary/aromatic N) is 1. The monoisotopic (exact) mass is 306 g/mol. The van der Waals surface area contributed by atoms with E-state index in [0.29, 0.717) is 12.0 Å². The van der Waals surface area contributed by atoms with E-state index < -0.39 is 12.0 Å². The first-order valence-electron chi connectivity index (χ1n) is 7.97. The lowest BCUT2D eigenvalue weighted by atomic mass is 10.1. The number of carbonyl (C=O) groups is 2. The lowest BCUT2D eigenvalue weighted by molar-refractivity contribution is -0.143. The van der Waals surface area contributed by atoms with Gasteiger partial charge in [-0.3, -0.25) is 9.78 Å². The highest BCUT2D eigenvalue weighted by molar-refractivity contribution is 5.96. The summed E-state index contributed by atoms with van der Waals surface area (Å²) in [5.74, 6) is -0.667. The van der Waals surface area contributed by atoms with Crippen molar-refractivity contribution < 1.29 is 14.3 Å². The molecule has 1 amide bonds. The molecular formula is C17H26N2O3. The molecule has 0 unspecified atom stereocenters. The van der Waals surface area contributed by atoms with Crippen LogP contribution in [0, 0.1) is 0 Å². The van der Waals surface area contributed by atoms with E-state index >= 15 is 0 Å². The van der Waals surface area contributed by atoms with E-state index in [1.54, 1.807) is 24.5 Å². The minimum atomic E-state index is -0.586. The van der Waals surface area contributed by atoms with Gasteiger partial charge in [-0.15, -0.1) is 0 Å². The predicted molar refractivity (Wildman–Crippen MR) is 85.5 cm³/mol. The largest absolute Gasteiger partial charge is 0.467 e. The average molecular weight is 306 g/mol. The molecule has 1 aromatic heterocycles. The van der Waals surface area contributed by atoms with E-state index in [1.807, 2.05) is 0 Å². The molecule has 122 valence electrons. The van der Waals surface area contributed by atoms with E-state index in [1.165, 1.54) is 32.8 Å². The van der Waals surface area contributed by atoms with Gasteiger partial charge in [-0.1, -0.05) is 45.4 Å². The maximum Gasteiger partial charge on any atom is 0.328 e. The van der Waals surface area contributed by atoms with Crippen molar-refractivity contribution in [2.75, 3.05) is 7.11 Å². The van der Waals surface area contributed by atoms with Crippen molar-refractivity contribution in [3.05, 3.63) is 30.1 Å². The molecule has 22 heavy (non-hydrogen) atoms. The summed E-state index contributed by atoms with van der Waals surface area (Å²) in [5, 5.41) is 2.74. The number of esters is 1. The summed E-state index contributed by atoms with van der Waals surface area (Å²) in [5.41, 5.74) is 0.492. The Morgan fingerprint density at radius 1 is 1.14 bits per heavy atom. The van der Waals surface area contributed by atoms with Gasteiger partial charge >= 0.3 is 5.97 Å². The third kappa shape index (κ3) is 6.70. The highest BCUT2D eigenvalue weighted by Gasteiger charge is 2.21. The Morgan fingerprint density at radius 3 is 2.41 bits per heavy atom. The van der Waals surface area contributed by atoms with Crippen molar-refractivity contribution in [1.29, 1.82) is 0 Å². The van der Waals surface area contributed by atoms with Crippen LogP contribution in [-0.4, -0.2) is 30.0 Å². The van der Waals surface area contributed by atoms with Crippen molar-refractivity contribution in [2.45, 2.75) is 57.9 Å². The first-order chi connectivity index (χ1) is 10.7. The lowest BCUT2D eigenvalue weighted by Gasteiger charge is -2.16. The van der Waals surface area contributed by atoms with Gasteiger partial charge in [0.2, 0.25) is 0 Å². The summed E-state index contributed by atoms with van der Waals surface area (Å²) in [6.07, 6.45) is 10.5. The maximum atomic E-state index is 12.1. The Bertz CT molecular complexity index is 448. The maximum absolute atomic E-state index is 12.1. The van der Waals surface area contributed by atoms with Gasteiger partial charge in [-0.25, -0.2) is 4.79 Å². The third-order valence-corrected chi connectivity index (χ3v) is 3.58. The van der Waals surface area contributed by atoms with Crippen molar-refractivity contribution in [2.24, 2.45) is 0 Å². The molecule has 0 spiro atoms. The molecule has 0 aliphatic rings. The second-order valence-corrected chi connectivity index (χ2v) is 5.34. The van der Waals surface area contributed by atoms with Crippen molar-refractivity contribution in [1.82, 2.24) is 10.3 Å². The van der Waals surface area contributed by atoms with E-state index in [4.69, 9.17) is 4.74 Å². The molecule has 0 radical (unpaired) electrons. The minimum Gasteiger partial charge on any atom is -0.467 e. The molecule has 5 nitrogen and oxygen atoms in total. The molecule has 1 N–H and O–H groups in total. The minimum absolute atomic E-state index is 0.274. The van der Waals surface area contributed by atoms with Crippen molar-refractivity contribution in [3.8, 4) is 0 Å². The average Bonchev–Trinajstić information content (AvgIpc) is 2.56. The van der Waals surface area contributed by atoms with Crippen LogP contribution in [0.25, 0.3) is 0 Å². The smallest absolute Gasteiger partial charge is 0.328 e. The van der Waals surface area contributed by atoms with Crippen LogP contribution in [0.2, 0.25) is 0 Å². The Balaban J connectivity index is 2.44. The van der Waals surface area contributed by atoms with Gasteiger partial charge in [0.15, 0.2) is 0 Å². The van der Waals surface area contributed by atoms with Crippen LogP contribution in [0.5, 0.6) is 0 Å². The van der Waals surface area contributed by atoms with Gasteiger partial charge in [0.25, 0.3) is 5.91 Å². The second kappa shape index (κ2) is 10.8. The number of pyridine rings is 1. The van der Waals surface area contributed by atoms with Gasteiger partial charge in [-0.2, -0.15) is 0 Å². The van der Waals surface area contributed by atoms with E-state index in [-0.39, 0.29) is 5.91 Å². The number of hydrogen-bond donors (Lipinski definition) is 1. The number of carbonyl (C=O) groups excluding carboxylic acids is 2. The van der Waals surface area contributed by atoms with Gasteiger partial charge in [-0.05, 0) is 18.6 Å². The Kier molecular flexibility index (Phi) is 8.88. The first kappa shape index (κ1) is 18.1. The number of hydrogen-bond acceptors (Lipinski definition) is 4. The highest BCUT2D eigenvalue weighted by atomic mass is 16.5. The number of unbranched alkanes of at least 4 members (excludes halogenated alkanes) is 5. The van der Waals surface area contributed by atoms with Gasteiger partial charge < -0.3 is 10.1 Å². The zero-order valence-corrected chi connectivity index (χ0v) is 13.5. The predicted octanol–water partition coefficient (Wildman–Crippen LogP) is 3.10.